The summed E-state index contributed by atoms with van der Waals surface area (Å²) < 4.78 is 3.45. The molecule has 7 nitrogen and oxygen atoms in total. The molecule has 0 bridgehead atoms. The van der Waals surface area contributed by atoms with Crippen LogP contribution >= 0.6 is 0 Å². The van der Waals surface area contributed by atoms with Gasteiger partial charge in [0.1, 0.15) is 12.7 Å². The van der Waals surface area contributed by atoms with Crippen LogP contribution in [0.4, 0.5) is 0 Å². The Morgan fingerprint density at radius 2 is 1.67 bits per heavy atom. The second-order valence-electron chi connectivity index (χ2n) is 2.50. The number of hydrogen-bond donors (Lipinski definition) is 1. The highest BCUT2D eigenvalue weighted by Crippen LogP contribution is 2.00. The Hall–Kier alpha value is -2.12. The van der Waals surface area contributed by atoms with Crippen LogP contribution in [0.25, 0.3) is 5.69 Å². The Balaban J connectivity index is 0.000000980. The van der Waals surface area contributed by atoms with E-state index in [1.807, 2.05) is 12.1 Å². The van der Waals surface area contributed by atoms with Crippen molar-refractivity contribution in [3.05, 3.63) is 37.2 Å². The van der Waals surface area contributed by atoms with Crippen molar-refractivity contribution in [2.45, 2.75) is 0 Å². The van der Waals surface area contributed by atoms with E-state index in [1.165, 1.54) is 6.34 Å². The summed E-state index contributed by atoms with van der Waals surface area (Å²) in [6, 6.07) is 3.77. The van der Waals surface area contributed by atoms with Crippen LogP contribution in [0.2, 0.25) is 0 Å². The Morgan fingerprint density at radius 1 is 1.13 bits per heavy atom. The lowest BCUT2D eigenvalue weighted by Crippen LogP contribution is -2.31. The maximum Gasteiger partial charge on any atom is 0.281 e. The maximum absolute atomic E-state index is 7.00. The van der Waals surface area contributed by atoms with Gasteiger partial charge < -0.3 is 11.0 Å². The Bertz CT molecular complexity index is 397. The van der Waals surface area contributed by atoms with Crippen LogP contribution in [0.1, 0.15) is 0 Å². The molecular weight excluding hydrogens is 198 g/mol. The summed E-state index contributed by atoms with van der Waals surface area (Å²) >= 11 is 0. The van der Waals surface area contributed by atoms with E-state index in [1.54, 1.807) is 34.2 Å². The monoisotopic (exact) mass is 210 g/mol. The normalized spacial score (nSPS) is 8.53. The predicted octanol–water partition coefficient (Wildman–Crippen LogP) is -1.64. The van der Waals surface area contributed by atoms with Crippen molar-refractivity contribution in [2.24, 2.45) is 0 Å². The molecule has 0 aromatic carbocycles. The fraction of sp³-hybridized carbons (Fsp3) is 0. The highest BCUT2D eigenvalue weighted by atomic mass is 16.0. The lowest BCUT2D eigenvalue weighted by Gasteiger charge is -1.98. The summed E-state index contributed by atoms with van der Waals surface area (Å²) in [6.07, 6.45) is 8.08. The lowest BCUT2D eigenvalue weighted by molar-refractivity contribution is -0.546. The fourth-order valence-electron chi connectivity index (χ4n) is 1.02. The number of nitrogens with zero attached hydrogens (tertiary/aromatic N) is 4. The zero-order valence-electron chi connectivity index (χ0n) is 7.83. The molecule has 0 atom stereocenters. The molecule has 80 valence electrons. The third-order valence-corrected chi connectivity index (χ3v) is 1.70. The highest BCUT2D eigenvalue weighted by molar-refractivity contribution is 5.38. The average molecular weight is 210 g/mol. The van der Waals surface area contributed by atoms with Gasteiger partial charge in [0, 0.05) is 12.1 Å². The van der Waals surface area contributed by atoms with E-state index in [9.17, 15) is 0 Å². The van der Waals surface area contributed by atoms with Crippen molar-refractivity contribution in [1.29, 1.82) is 5.41 Å². The average Bonchev–Trinajstić information content (AvgIpc) is 2.71. The first-order chi connectivity index (χ1) is 6.40. The van der Waals surface area contributed by atoms with E-state index < -0.39 is 0 Å². The molecule has 2 aromatic rings. The molecule has 0 saturated carbocycles. The molecule has 0 radical (unpaired) electrons. The van der Waals surface area contributed by atoms with Gasteiger partial charge >= 0.3 is 0 Å². The SMILES string of the molecule is N=C[n+]1ccc(-n2cnnc2)cc1.O.O. The minimum Gasteiger partial charge on any atom is -0.412 e. The van der Waals surface area contributed by atoms with Crippen molar-refractivity contribution in [1.82, 2.24) is 14.8 Å². The third kappa shape index (κ3) is 2.66. The smallest absolute Gasteiger partial charge is 0.281 e. The first-order valence-electron chi connectivity index (χ1n) is 3.76. The largest absolute Gasteiger partial charge is 0.412 e. The summed E-state index contributed by atoms with van der Waals surface area (Å²) in [6.45, 7) is 0. The number of pyridine rings is 1. The summed E-state index contributed by atoms with van der Waals surface area (Å²) in [5, 5.41) is 14.4. The highest BCUT2D eigenvalue weighted by Gasteiger charge is 1.96. The molecule has 0 aliphatic heterocycles. The molecule has 0 saturated heterocycles. The van der Waals surface area contributed by atoms with Gasteiger partial charge in [-0.15, -0.1) is 15.6 Å². The molecule has 0 aliphatic rings. The Labute approximate surface area is 85.8 Å². The van der Waals surface area contributed by atoms with Crippen LogP contribution in [-0.2, 0) is 0 Å². The van der Waals surface area contributed by atoms with Gasteiger partial charge in [-0.2, -0.15) is 0 Å². The Kier molecular flexibility index (Phi) is 4.79. The molecule has 0 amide bonds. The van der Waals surface area contributed by atoms with Crippen LogP contribution in [0.3, 0.4) is 0 Å². The van der Waals surface area contributed by atoms with Crippen molar-refractivity contribution >= 4 is 6.34 Å². The summed E-state index contributed by atoms with van der Waals surface area (Å²) in [7, 11) is 0. The fourth-order valence-corrected chi connectivity index (χ4v) is 1.02. The number of rotatable bonds is 2. The van der Waals surface area contributed by atoms with Gasteiger partial charge in [0.2, 0.25) is 0 Å². The summed E-state index contributed by atoms with van der Waals surface area (Å²) in [5.41, 5.74) is 0.975. The van der Waals surface area contributed by atoms with Crippen LogP contribution in [0, 0.1) is 5.41 Å². The summed E-state index contributed by atoms with van der Waals surface area (Å²) in [4.78, 5) is 0. The molecule has 0 fully saturated rings. The van der Waals surface area contributed by atoms with Gasteiger partial charge in [0.15, 0.2) is 0 Å². The van der Waals surface area contributed by atoms with Gasteiger partial charge in [-0.05, 0) is 0 Å². The van der Waals surface area contributed by atoms with E-state index in [2.05, 4.69) is 10.2 Å². The van der Waals surface area contributed by atoms with E-state index in [-0.39, 0.29) is 11.0 Å². The van der Waals surface area contributed by atoms with Crippen LogP contribution in [-0.4, -0.2) is 32.1 Å². The van der Waals surface area contributed by atoms with Crippen molar-refractivity contribution < 1.29 is 15.5 Å². The zero-order valence-corrected chi connectivity index (χ0v) is 7.83. The Morgan fingerprint density at radius 3 is 2.13 bits per heavy atom. The van der Waals surface area contributed by atoms with E-state index >= 15 is 0 Å². The molecule has 0 unspecified atom stereocenters. The van der Waals surface area contributed by atoms with Crippen molar-refractivity contribution in [3.8, 4) is 5.69 Å². The van der Waals surface area contributed by atoms with Gasteiger partial charge in [-0.1, -0.05) is 0 Å². The van der Waals surface area contributed by atoms with E-state index in [0.29, 0.717) is 0 Å². The summed E-state index contributed by atoms with van der Waals surface area (Å²) in [5.74, 6) is 0. The van der Waals surface area contributed by atoms with E-state index in [4.69, 9.17) is 5.41 Å². The van der Waals surface area contributed by atoms with Crippen LogP contribution < -0.4 is 4.57 Å². The molecule has 0 aliphatic carbocycles. The van der Waals surface area contributed by atoms with Gasteiger partial charge in [0.05, 0.1) is 18.1 Å². The standard InChI is InChI=1S/C8H8N5.2H2O/c9-5-12-3-1-8(2-4-12)13-6-10-11-7-13;;/h1-7,9H;2*1H2/q+1;;. The molecule has 5 N–H and O–H groups in total. The lowest BCUT2D eigenvalue weighted by atomic mass is 10.4. The topological polar surface area (TPSA) is 121 Å². The third-order valence-electron chi connectivity index (χ3n) is 1.70. The number of nitrogens with one attached hydrogen (secondary N) is 1. The minimum atomic E-state index is 0. The van der Waals surface area contributed by atoms with E-state index in [0.717, 1.165) is 5.69 Å². The van der Waals surface area contributed by atoms with Gasteiger partial charge in [0.25, 0.3) is 6.34 Å². The number of aromatic nitrogens is 4. The van der Waals surface area contributed by atoms with Crippen LogP contribution in [0.5, 0.6) is 0 Å². The predicted molar refractivity (Wildman–Crippen MR) is 53.0 cm³/mol. The van der Waals surface area contributed by atoms with Gasteiger partial charge in [-0.3, -0.25) is 4.57 Å². The van der Waals surface area contributed by atoms with Gasteiger partial charge in [-0.25, -0.2) is 4.57 Å². The van der Waals surface area contributed by atoms with Crippen molar-refractivity contribution in [3.63, 3.8) is 0 Å². The van der Waals surface area contributed by atoms with Crippen molar-refractivity contribution in [2.75, 3.05) is 0 Å². The zero-order chi connectivity index (χ0) is 9.10. The molecule has 0 spiro atoms. The molecule has 2 aromatic heterocycles. The minimum absolute atomic E-state index is 0. The first-order valence-corrected chi connectivity index (χ1v) is 3.76. The van der Waals surface area contributed by atoms with Crippen LogP contribution in [0.15, 0.2) is 37.2 Å². The quantitative estimate of drug-likeness (QED) is 0.363. The number of hydrogen-bond acceptors (Lipinski definition) is 3. The molecule has 15 heavy (non-hydrogen) atoms. The maximum atomic E-state index is 7.00. The molecular formula is C8H12N5O2+. The molecule has 2 rings (SSSR count). The molecule has 7 heteroatoms. The molecule has 2 heterocycles. The second kappa shape index (κ2) is 5.58. The first kappa shape index (κ1) is 12.9. The second-order valence-corrected chi connectivity index (χ2v) is 2.50.